The molecule has 5 nitrogen and oxygen atoms in total. The van der Waals surface area contributed by atoms with Crippen LogP contribution in [0.1, 0.15) is 35.1 Å². The van der Waals surface area contributed by atoms with Crippen molar-refractivity contribution in [1.29, 1.82) is 5.26 Å². The zero-order valence-corrected chi connectivity index (χ0v) is 16.3. The number of fused-ring (bicyclic) bond motifs is 1. The smallest absolute Gasteiger partial charge is 0.301 e. The molecule has 2 heterocycles. The fourth-order valence-electron chi connectivity index (χ4n) is 3.91. The molecule has 30 heavy (non-hydrogen) atoms. The van der Waals surface area contributed by atoms with E-state index in [1.807, 2.05) is 6.07 Å². The monoisotopic (exact) mass is 430 g/mol. The molecule has 1 aromatic heterocycles. The summed E-state index contributed by atoms with van der Waals surface area (Å²) in [6.07, 6.45) is -1.51. The SMILES string of the molecule is C[C@@]1(C(c2ccc(C#N)cc2)c2cc(Cl)cc(C(F)(F)F)c2)C(=O)Nc2nccn21. The van der Waals surface area contributed by atoms with E-state index >= 15 is 0 Å². The maximum atomic E-state index is 13.5. The van der Waals surface area contributed by atoms with E-state index in [0.717, 1.165) is 12.1 Å². The number of imidazole rings is 1. The summed E-state index contributed by atoms with van der Waals surface area (Å²) in [7, 11) is 0. The lowest BCUT2D eigenvalue weighted by atomic mass is 9.75. The Morgan fingerprint density at radius 1 is 1.20 bits per heavy atom. The van der Waals surface area contributed by atoms with Crippen LogP contribution in [0.15, 0.2) is 54.9 Å². The van der Waals surface area contributed by atoms with Gasteiger partial charge in [-0.25, -0.2) is 4.98 Å². The summed E-state index contributed by atoms with van der Waals surface area (Å²) in [5.41, 5.74) is -1.05. The largest absolute Gasteiger partial charge is 0.416 e. The van der Waals surface area contributed by atoms with Crippen LogP contribution in [0.3, 0.4) is 0 Å². The number of alkyl halides is 3. The van der Waals surface area contributed by atoms with E-state index in [9.17, 15) is 18.0 Å². The number of benzene rings is 2. The van der Waals surface area contributed by atoms with E-state index in [1.54, 1.807) is 42.0 Å². The number of anilines is 1. The Kier molecular flexibility index (Phi) is 4.59. The van der Waals surface area contributed by atoms with Crippen LogP contribution in [0.25, 0.3) is 0 Å². The first-order chi connectivity index (χ1) is 14.1. The highest BCUT2D eigenvalue weighted by Crippen LogP contribution is 2.46. The van der Waals surface area contributed by atoms with E-state index in [4.69, 9.17) is 16.9 Å². The van der Waals surface area contributed by atoms with Gasteiger partial charge < -0.3 is 4.57 Å². The van der Waals surface area contributed by atoms with Gasteiger partial charge in [-0.05, 0) is 48.4 Å². The predicted octanol–water partition coefficient (Wildman–Crippen LogP) is 4.93. The van der Waals surface area contributed by atoms with Crippen molar-refractivity contribution in [2.45, 2.75) is 24.6 Å². The van der Waals surface area contributed by atoms with Crippen molar-refractivity contribution in [2.75, 3.05) is 5.32 Å². The fourth-order valence-corrected chi connectivity index (χ4v) is 4.16. The summed E-state index contributed by atoms with van der Waals surface area (Å²) in [5, 5.41) is 11.7. The van der Waals surface area contributed by atoms with Gasteiger partial charge in [-0.1, -0.05) is 23.7 Å². The van der Waals surface area contributed by atoms with Crippen molar-refractivity contribution in [3.63, 3.8) is 0 Å². The molecule has 0 radical (unpaired) electrons. The van der Waals surface area contributed by atoms with Crippen LogP contribution in [0.5, 0.6) is 0 Å². The normalized spacial score (nSPS) is 19.1. The number of nitriles is 1. The molecule has 0 aliphatic carbocycles. The lowest BCUT2D eigenvalue weighted by molar-refractivity contribution is -0.137. The van der Waals surface area contributed by atoms with Gasteiger partial charge in [-0.2, -0.15) is 18.4 Å². The van der Waals surface area contributed by atoms with Crippen LogP contribution in [-0.2, 0) is 16.5 Å². The third-order valence-electron chi connectivity index (χ3n) is 5.34. The number of carbonyl (C=O) groups excluding carboxylic acids is 1. The first-order valence-corrected chi connectivity index (χ1v) is 9.25. The highest BCUT2D eigenvalue weighted by Gasteiger charge is 2.50. The quantitative estimate of drug-likeness (QED) is 0.640. The lowest BCUT2D eigenvalue weighted by Gasteiger charge is -2.34. The van der Waals surface area contributed by atoms with Crippen molar-refractivity contribution in [3.05, 3.63) is 82.1 Å². The second-order valence-electron chi connectivity index (χ2n) is 7.16. The van der Waals surface area contributed by atoms with Crippen LogP contribution in [0.2, 0.25) is 5.02 Å². The Hall–Kier alpha value is -3.31. The molecule has 2 atom stereocenters. The number of nitrogens with one attached hydrogen (secondary N) is 1. The Labute approximate surface area is 174 Å². The molecule has 9 heteroatoms. The number of aromatic nitrogens is 2. The molecule has 152 valence electrons. The maximum absolute atomic E-state index is 13.5. The summed E-state index contributed by atoms with van der Waals surface area (Å²) in [5.74, 6) is -0.937. The van der Waals surface area contributed by atoms with Crippen LogP contribution in [0.4, 0.5) is 19.1 Å². The van der Waals surface area contributed by atoms with Crippen LogP contribution in [0, 0.1) is 11.3 Å². The number of carbonyl (C=O) groups is 1. The summed E-state index contributed by atoms with van der Waals surface area (Å²) in [6.45, 7) is 1.64. The molecule has 1 unspecified atom stereocenters. The van der Waals surface area contributed by atoms with Gasteiger partial charge in [0.2, 0.25) is 5.95 Å². The number of rotatable bonds is 3. The second kappa shape index (κ2) is 6.89. The lowest BCUT2D eigenvalue weighted by Crippen LogP contribution is -2.42. The Morgan fingerprint density at radius 2 is 1.90 bits per heavy atom. The zero-order chi connectivity index (χ0) is 21.7. The third-order valence-corrected chi connectivity index (χ3v) is 5.56. The molecule has 1 N–H and O–H groups in total. The molecule has 3 aromatic rings. The highest BCUT2D eigenvalue weighted by molar-refractivity contribution is 6.30. The summed E-state index contributed by atoms with van der Waals surface area (Å²) in [6, 6.07) is 11.7. The topological polar surface area (TPSA) is 70.7 Å². The van der Waals surface area contributed by atoms with Gasteiger partial charge in [0.25, 0.3) is 5.91 Å². The first kappa shape index (κ1) is 20.0. The fraction of sp³-hybridized carbons (Fsp3) is 0.190. The van der Waals surface area contributed by atoms with E-state index < -0.39 is 29.1 Å². The Balaban J connectivity index is 1.98. The third kappa shape index (κ3) is 3.12. The molecule has 2 aromatic carbocycles. The average molecular weight is 431 g/mol. The van der Waals surface area contributed by atoms with Gasteiger partial charge in [0.1, 0.15) is 5.54 Å². The van der Waals surface area contributed by atoms with Crippen molar-refractivity contribution in [2.24, 2.45) is 0 Å². The minimum Gasteiger partial charge on any atom is -0.301 e. The van der Waals surface area contributed by atoms with E-state index in [-0.39, 0.29) is 10.6 Å². The number of halogens is 4. The van der Waals surface area contributed by atoms with E-state index in [1.165, 1.54) is 12.3 Å². The molecule has 1 aliphatic heterocycles. The molecule has 0 saturated heterocycles. The Morgan fingerprint density at radius 3 is 2.53 bits per heavy atom. The van der Waals surface area contributed by atoms with Gasteiger partial charge in [-0.15, -0.1) is 0 Å². The number of amides is 1. The predicted molar refractivity (Wildman–Crippen MR) is 104 cm³/mol. The first-order valence-electron chi connectivity index (χ1n) is 8.87. The molecule has 0 saturated carbocycles. The van der Waals surface area contributed by atoms with Crippen molar-refractivity contribution >= 4 is 23.5 Å². The van der Waals surface area contributed by atoms with E-state index in [2.05, 4.69) is 10.3 Å². The highest BCUT2D eigenvalue weighted by atomic mass is 35.5. The number of nitrogens with zero attached hydrogens (tertiary/aromatic N) is 3. The van der Waals surface area contributed by atoms with Crippen molar-refractivity contribution < 1.29 is 18.0 Å². The van der Waals surface area contributed by atoms with Crippen LogP contribution >= 0.6 is 11.6 Å². The molecule has 0 spiro atoms. The van der Waals surface area contributed by atoms with Gasteiger partial charge in [-0.3, -0.25) is 10.1 Å². The summed E-state index contributed by atoms with van der Waals surface area (Å²) < 4.78 is 42.0. The molecule has 0 fully saturated rings. The van der Waals surface area contributed by atoms with Crippen LogP contribution in [-0.4, -0.2) is 15.5 Å². The summed E-state index contributed by atoms with van der Waals surface area (Å²) >= 11 is 6.04. The van der Waals surface area contributed by atoms with Crippen molar-refractivity contribution in [3.8, 4) is 6.07 Å². The van der Waals surface area contributed by atoms with Gasteiger partial charge in [0.05, 0.1) is 17.2 Å². The molecular weight excluding hydrogens is 417 g/mol. The molecule has 4 rings (SSSR count). The summed E-state index contributed by atoms with van der Waals surface area (Å²) in [4.78, 5) is 17.1. The minimum absolute atomic E-state index is 0.0914. The Bertz CT molecular complexity index is 1180. The zero-order valence-electron chi connectivity index (χ0n) is 15.5. The van der Waals surface area contributed by atoms with Crippen molar-refractivity contribution in [1.82, 2.24) is 9.55 Å². The standard InChI is InChI=1S/C21H14ClF3N4O/c1-20(18(30)28-19-27-6-7-29(19)20)17(13-4-2-12(11-26)3-5-13)14-8-15(21(23,24)25)10-16(22)9-14/h2-10,17H,1H3,(H,27,28,30)/t17?,20-/m1/s1. The molecule has 1 aliphatic rings. The van der Waals surface area contributed by atoms with Crippen LogP contribution < -0.4 is 5.32 Å². The molecular formula is C21H14ClF3N4O. The maximum Gasteiger partial charge on any atom is 0.416 e. The van der Waals surface area contributed by atoms with E-state index in [0.29, 0.717) is 17.1 Å². The second-order valence-corrected chi connectivity index (χ2v) is 7.60. The van der Waals surface area contributed by atoms with Gasteiger partial charge in [0, 0.05) is 23.3 Å². The minimum atomic E-state index is -4.60. The number of hydrogen-bond donors (Lipinski definition) is 1. The van der Waals surface area contributed by atoms with Gasteiger partial charge >= 0.3 is 6.18 Å². The molecule has 1 amide bonds. The molecule has 0 bridgehead atoms. The number of hydrogen-bond acceptors (Lipinski definition) is 3. The average Bonchev–Trinajstić information content (AvgIpc) is 3.24. The van der Waals surface area contributed by atoms with Gasteiger partial charge in [0.15, 0.2) is 0 Å².